The topological polar surface area (TPSA) is 49.3 Å². The molecular formula is C14H11ClFNO2. The maximum absolute atomic E-state index is 13.6. The molecule has 0 fully saturated rings. The van der Waals surface area contributed by atoms with E-state index in [4.69, 9.17) is 16.7 Å². The first-order valence-electron chi connectivity index (χ1n) is 5.57. The number of carboxylic acid groups (broad SMARTS) is 1. The summed E-state index contributed by atoms with van der Waals surface area (Å²) in [5.74, 6) is -1.75. The van der Waals surface area contributed by atoms with Gasteiger partial charge < -0.3 is 10.4 Å². The second kappa shape index (κ2) is 5.71. The highest BCUT2D eigenvalue weighted by atomic mass is 35.5. The third kappa shape index (κ3) is 3.45. The minimum atomic E-state index is -1.15. The molecule has 0 heterocycles. The molecule has 0 unspecified atom stereocenters. The molecule has 0 atom stereocenters. The Hall–Kier alpha value is -2.07. The first kappa shape index (κ1) is 13.4. The standard InChI is InChI=1S/C14H11ClFNO2/c15-11-3-1-2-9(6-11)8-17-13-5-4-10(14(18)19)7-12(13)16/h1-7,17H,8H2,(H,18,19). The molecule has 0 amide bonds. The van der Waals surface area contributed by atoms with Gasteiger partial charge in [-0.2, -0.15) is 0 Å². The highest BCUT2D eigenvalue weighted by Crippen LogP contribution is 2.18. The van der Waals surface area contributed by atoms with Crippen LogP contribution in [0.25, 0.3) is 0 Å². The van der Waals surface area contributed by atoms with Crippen LogP contribution in [0, 0.1) is 5.82 Å². The predicted octanol–water partition coefficient (Wildman–Crippen LogP) is 3.79. The van der Waals surface area contributed by atoms with Crippen LogP contribution in [0.4, 0.5) is 10.1 Å². The van der Waals surface area contributed by atoms with Crippen LogP contribution >= 0.6 is 11.6 Å². The lowest BCUT2D eigenvalue weighted by atomic mass is 10.2. The van der Waals surface area contributed by atoms with Crippen molar-refractivity contribution in [3.63, 3.8) is 0 Å². The van der Waals surface area contributed by atoms with Gasteiger partial charge in [-0.15, -0.1) is 0 Å². The molecule has 0 aliphatic carbocycles. The molecule has 2 N–H and O–H groups in total. The van der Waals surface area contributed by atoms with Crippen molar-refractivity contribution in [2.45, 2.75) is 6.54 Å². The lowest BCUT2D eigenvalue weighted by Crippen LogP contribution is -2.03. The highest BCUT2D eigenvalue weighted by Gasteiger charge is 2.08. The second-order valence-corrected chi connectivity index (χ2v) is 4.42. The van der Waals surface area contributed by atoms with Gasteiger partial charge in [-0.3, -0.25) is 0 Å². The van der Waals surface area contributed by atoms with Crippen molar-refractivity contribution in [3.05, 3.63) is 64.4 Å². The van der Waals surface area contributed by atoms with Gasteiger partial charge in [-0.1, -0.05) is 23.7 Å². The summed E-state index contributed by atoms with van der Waals surface area (Å²) in [5, 5.41) is 12.2. The van der Waals surface area contributed by atoms with E-state index in [0.717, 1.165) is 11.6 Å². The summed E-state index contributed by atoms with van der Waals surface area (Å²) in [6.07, 6.45) is 0. The van der Waals surface area contributed by atoms with Crippen LogP contribution in [0.2, 0.25) is 5.02 Å². The lowest BCUT2D eigenvalue weighted by Gasteiger charge is -2.08. The van der Waals surface area contributed by atoms with E-state index in [2.05, 4.69) is 5.32 Å². The number of aromatic carboxylic acids is 1. The van der Waals surface area contributed by atoms with Crippen LogP contribution in [-0.4, -0.2) is 11.1 Å². The molecule has 5 heteroatoms. The fraction of sp³-hybridized carbons (Fsp3) is 0.0714. The molecule has 2 aromatic carbocycles. The largest absolute Gasteiger partial charge is 0.478 e. The Kier molecular flexibility index (Phi) is 4.02. The van der Waals surface area contributed by atoms with E-state index in [-0.39, 0.29) is 11.3 Å². The Morgan fingerprint density at radius 1 is 1.26 bits per heavy atom. The quantitative estimate of drug-likeness (QED) is 0.895. The normalized spacial score (nSPS) is 10.2. The van der Waals surface area contributed by atoms with E-state index in [9.17, 15) is 9.18 Å². The third-order valence-electron chi connectivity index (χ3n) is 2.59. The van der Waals surface area contributed by atoms with E-state index in [0.29, 0.717) is 11.6 Å². The number of halogens is 2. The van der Waals surface area contributed by atoms with Crippen molar-refractivity contribution in [2.24, 2.45) is 0 Å². The maximum Gasteiger partial charge on any atom is 0.335 e. The molecule has 2 aromatic rings. The maximum atomic E-state index is 13.6. The summed E-state index contributed by atoms with van der Waals surface area (Å²) < 4.78 is 13.6. The summed E-state index contributed by atoms with van der Waals surface area (Å²) in [5.41, 5.74) is 1.09. The molecule has 3 nitrogen and oxygen atoms in total. The van der Waals surface area contributed by atoms with Crippen LogP contribution in [-0.2, 0) is 6.54 Å². The van der Waals surface area contributed by atoms with Gasteiger partial charge in [0, 0.05) is 11.6 Å². The van der Waals surface area contributed by atoms with Gasteiger partial charge in [0.25, 0.3) is 0 Å². The smallest absolute Gasteiger partial charge is 0.335 e. The molecule has 98 valence electrons. The number of hydrogen-bond acceptors (Lipinski definition) is 2. The third-order valence-corrected chi connectivity index (χ3v) is 2.82. The highest BCUT2D eigenvalue weighted by molar-refractivity contribution is 6.30. The van der Waals surface area contributed by atoms with Crippen molar-refractivity contribution in [1.29, 1.82) is 0 Å². The zero-order chi connectivity index (χ0) is 13.8. The number of carbonyl (C=O) groups is 1. The molecule has 19 heavy (non-hydrogen) atoms. The number of benzene rings is 2. The molecule has 0 spiro atoms. The van der Waals surface area contributed by atoms with Crippen molar-refractivity contribution in [3.8, 4) is 0 Å². The van der Waals surface area contributed by atoms with Gasteiger partial charge in [-0.25, -0.2) is 9.18 Å². The van der Waals surface area contributed by atoms with Gasteiger partial charge in [0.1, 0.15) is 5.82 Å². The van der Waals surface area contributed by atoms with Crippen molar-refractivity contribution < 1.29 is 14.3 Å². The van der Waals surface area contributed by atoms with Crippen LogP contribution in [0.1, 0.15) is 15.9 Å². The molecule has 0 aliphatic heterocycles. The predicted molar refractivity (Wildman–Crippen MR) is 72.1 cm³/mol. The Morgan fingerprint density at radius 2 is 2.05 bits per heavy atom. The number of carboxylic acids is 1. The summed E-state index contributed by atoms with van der Waals surface area (Å²) in [6.45, 7) is 0.407. The summed E-state index contributed by atoms with van der Waals surface area (Å²) >= 11 is 5.85. The zero-order valence-corrected chi connectivity index (χ0v) is 10.6. The van der Waals surface area contributed by atoms with Gasteiger partial charge in [0.15, 0.2) is 0 Å². The van der Waals surface area contributed by atoms with E-state index in [1.54, 1.807) is 12.1 Å². The Morgan fingerprint density at radius 3 is 2.68 bits per heavy atom. The second-order valence-electron chi connectivity index (χ2n) is 3.98. The molecule has 0 bridgehead atoms. The van der Waals surface area contributed by atoms with Crippen LogP contribution in [0.15, 0.2) is 42.5 Å². The first-order chi connectivity index (χ1) is 9.06. The number of hydrogen-bond donors (Lipinski definition) is 2. The SMILES string of the molecule is O=C(O)c1ccc(NCc2cccc(Cl)c2)c(F)c1. The minimum Gasteiger partial charge on any atom is -0.478 e. The van der Waals surface area contributed by atoms with Crippen LogP contribution < -0.4 is 5.32 Å². The molecular weight excluding hydrogens is 269 g/mol. The molecule has 0 aliphatic rings. The molecule has 0 aromatic heterocycles. The number of rotatable bonds is 4. The number of anilines is 1. The van der Waals surface area contributed by atoms with E-state index in [1.807, 2.05) is 12.1 Å². The fourth-order valence-corrected chi connectivity index (χ4v) is 1.85. The van der Waals surface area contributed by atoms with Gasteiger partial charge in [-0.05, 0) is 35.9 Å². The summed E-state index contributed by atoms with van der Waals surface area (Å²) in [4.78, 5) is 10.7. The summed E-state index contributed by atoms with van der Waals surface area (Å²) in [7, 11) is 0. The van der Waals surface area contributed by atoms with Gasteiger partial charge in [0.05, 0.1) is 11.3 Å². The first-order valence-corrected chi connectivity index (χ1v) is 5.95. The van der Waals surface area contributed by atoms with Gasteiger partial charge in [0.2, 0.25) is 0 Å². The molecule has 0 saturated heterocycles. The Labute approximate surface area is 114 Å². The van der Waals surface area contributed by atoms with Crippen molar-refractivity contribution in [1.82, 2.24) is 0 Å². The van der Waals surface area contributed by atoms with Crippen molar-refractivity contribution >= 4 is 23.3 Å². The average Bonchev–Trinajstić information content (AvgIpc) is 2.37. The molecule has 0 radical (unpaired) electrons. The zero-order valence-electron chi connectivity index (χ0n) is 9.86. The van der Waals surface area contributed by atoms with E-state index in [1.165, 1.54) is 12.1 Å². The minimum absolute atomic E-state index is 0.0780. The average molecular weight is 280 g/mol. The van der Waals surface area contributed by atoms with Crippen LogP contribution in [0.3, 0.4) is 0 Å². The van der Waals surface area contributed by atoms with Crippen LogP contribution in [0.5, 0.6) is 0 Å². The Bertz CT molecular complexity index is 616. The lowest BCUT2D eigenvalue weighted by molar-refractivity contribution is 0.0696. The van der Waals surface area contributed by atoms with E-state index >= 15 is 0 Å². The van der Waals surface area contributed by atoms with Gasteiger partial charge >= 0.3 is 5.97 Å². The van der Waals surface area contributed by atoms with Crippen molar-refractivity contribution in [2.75, 3.05) is 5.32 Å². The monoisotopic (exact) mass is 279 g/mol. The number of nitrogens with one attached hydrogen (secondary N) is 1. The Balaban J connectivity index is 2.10. The van der Waals surface area contributed by atoms with E-state index < -0.39 is 11.8 Å². The summed E-state index contributed by atoms with van der Waals surface area (Å²) in [6, 6.07) is 11.0. The molecule has 0 saturated carbocycles. The fourth-order valence-electron chi connectivity index (χ4n) is 1.64. The molecule has 2 rings (SSSR count).